The van der Waals surface area contributed by atoms with Gasteiger partial charge in [0.1, 0.15) is 11.5 Å². The van der Waals surface area contributed by atoms with Crippen LogP contribution in [0.4, 0.5) is 4.39 Å². The monoisotopic (exact) mass is 381 g/mol. The number of aliphatic hydroxyl groups excluding tert-OH is 1. The molecule has 0 aliphatic carbocycles. The summed E-state index contributed by atoms with van der Waals surface area (Å²) in [6, 6.07) is 11.6. The van der Waals surface area contributed by atoms with Crippen molar-refractivity contribution in [1.29, 1.82) is 0 Å². The molecule has 1 N–H and O–H groups in total. The predicted octanol–water partition coefficient (Wildman–Crippen LogP) is 5.06. The Bertz CT molecular complexity index is 818. The summed E-state index contributed by atoms with van der Waals surface area (Å²) in [5, 5.41) is 14.2. The van der Waals surface area contributed by atoms with Crippen molar-refractivity contribution in [1.82, 2.24) is 5.16 Å². The lowest BCUT2D eigenvalue weighted by atomic mass is 10.0. The van der Waals surface area contributed by atoms with Crippen LogP contribution in [0.3, 0.4) is 0 Å². The summed E-state index contributed by atoms with van der Waals surface area (Å²) in [6.07, 6.45) is 0. The van der Waals surface area contributed by atoms with Crippen molar-refractivity contribution >= 4 is 27.5 Å². The van der Waals surface area contributed by atoms with Crippen molar-refractivity contribution in [3.63, 3.8) is 0 Å². The molecule has 0 spiro atoms. The minimum atomic E-state index is -0.456. The highest BCUT2D eigenvalue weighted by molar-refractivity contribution is 9.10. The summed E-state index contributed by atoms with van der Waals surface area (Å²) < 4.78 is 20.0. The Balaban J connectivity index is 2.13. The molecule has 0 aliphatic heterocycles. The molecule has 0 saturated carbocycles. The van der Waals surface area contributed by atoms with E-state index in [9.17, 15) is 9.50 Å². The minimum absolute atomic E-state index is 0.220. The molecule has 0 aliphatic rings. The Morgan fingerprint density at radius 2 is 1.91 bits per heavy atom. The average Bonchev–Trinajstić information content (AvgIpc) is 2.91. The number of aliphatic hydroxyl groups is 1. The normalized spacial score (nSPS) is 10.9. The first kappa shape index (κ1) is 15.2. The average molecular weight is 383 g/mol. The Kier molecular flexibility index (Phi) is 4.29. The molecule has 0 amide bonds. The number of rotatable bonds is 3. The van der Waals surface area contributed by atoms with Crippen molar-refractivity contribution in [3.8, 4) is 22.6 Å². The van der Waals surface area contributed by atoms with E-state index in [4.69, 9.17) is 16.1 Å². The zero-order chi connectivity index (χ0) is 15.7. The van der Waals surface area contributed by atoms with Gasteiger partial charge in [-0.05, 0) is 30.3 Å². The molecule has 0 unspecified atom stereocenters. The third-order valence-corrected chi connectivity index (χ3v) is 3.98. The van der Waals surface area contributed by atoms with Crippen LogP contribution in [-0.2, 0) is 6.61 Å². The molecule has 112 valence electrons. The van der Waals surface area contributed by atoms with Gasteiger partial charge in [-0.3, -0.25) is 0 Å². The molecule has 3 nitrogen and oxygen atoms in total. The lowest BCUT2D eigenvalue weighted by Gasteiger charge is -2.03. The maximum atomic E-state index is 14.1. The van der Waals surface area contributed by atoms with E-state index in [0.717, 1.165) is 5.56 Å². The second-order valence-corrected chi connectivity index (χ2v) is 5.98. The number of hydrogen-bond acceptors (Lipinski definition) is 3. The molecule has 3 aromatic rings. The fourth-order valence-corrected chi connectivity index (χ4v) is 2.63. The first-order valence-corrected chi connectivity index (χ1v) is 7.58. The lowest BCUT2D eigenvalue weighted by Crippen LogP contribution is -1.91. The van der Waals surface area contributed by atoms with Crippen LogP contribution < -0.4 is 0 Å². The van der Waals surface area contributed by atoms with Gasteiger partial charge >= 0.3 is 0 Å². The third-order valence-electron chi connectivity index (χ3n) is 3.24. The molecular formula is C16H10BrClFNO2. The molecule has 0 saturated heterocycles. The quantitative estimate of drug-likeness (QED) is 0.689. The maximum absolute atomic E-state index is 14.1. The van der Waals surface area contributed by atoms with Crippen LogP contribution in [0, 0.1) is 5.82 Å². The second-order valence-electron chi connectivity index (χ2n) is 4.63. The van der Waals surface area contributed by atoms with E-state index >= 15 is 0 Å². The number of hydrogen-bond donors (Lipinski definition) is 1. The molecule has 1 heterocycles. The van der Waals surface area contributed by atoms with Gasteiger partial charge in [-0.15, -0.1) is 0 Å². The Hall–Kier alpha value is -1.69. The van der Waals surface area contributed by atoms with E-state index < -0.39 is 5.82 Å². The van der Waals surface area contributed by atoms with Gasteiger partial charge in [0.2, 0.25) is 0 Å². The minimum Gasteiger partial charge on any atom is -0.391 e. The van der Waals surface area contributed by atoms with Gasteiger partial charge in [0.15, 0.2) is 5.76 Å². The van der Waals surface area contributed by atoms with Crippen molar-refractivity contribution < 1.29 is 14.0 Å². The lowest BCUT2D eigenvalue weighted by molar-refractivity contribution is 0.281. The van der Waals surface area contributed by atoms with Crippen LogP contribution in [0.25, 0.3) is 22.6 Å². The summed E-state index contributed by atoms with van der Waals surface area (Å²) >= 11 is 9.07. The fourth-order valence-electron chi connectivity index (χ4n) is 2.18. The molecule has 0 fully saturated rings. The Morgan fingerprint density at radius 3 is 2.55 bits per heavy atom. The first-order chi connectivity index (χ1) is 10.6. The van der Waals surface area contributed by atoms with Gasteiger partial charge in [0, 0.05) is 15.1 Å². The number of benzene rings is 2. The molecule has 6 heteroatoms. The van der Waals surface area contributed by atoms with E-state index in [1.165, 1.54) is 6.07 Å². The SMILES string of the molecule is OCc1c(-c2ccc(Cl)cc2)noc1-c1ccc(Br)cc1F. The molecule has 0 bridgehead atoms. The van der Waals surface area contributed by atoms with Gasteiger partial charge in [-0.25, -0.2) is 4.39 Å². The zero-order valence-electron chi connectivity index (χ0n) is 11.2. The van der Waals surface area contributed by atoms with Crippen molar-refractivity contribution in [2.75, 3.05) is 0 Å². The third kappa shape index (κ3) is 2.79. The van der Waals surface area contributed by atoms with Crippen molar-refractivity contribution in [2.45, 2.75) is 6.61 Å². The maximum Gasteiger partial charge on any atom is 0.175 e. The molecular weight excluding hydrogens is 373 g/mol. The standard InChI is InChI=1S/C16H10BrClFNO2/c17-10-3-6-12(14(19)7-10)16-13(8-21)15(20-22-16)9-1-4-11(18)5-2-9/h1-7,21H,8H2. The number of aromatic nitrogens is 1. The molecule has 2 aromatic carbocycles. The summed E-state index contributed by atoms with van der Waals surface area (Å²) in [5.41, 5.74) is 1.89. The molecule has 1 aromatic heterocycles. The highest BCUT2D eigenvalue weighted by atomic mass is 79.9. The fraction of sp³-hybridized carbons (Fsp3) is 0.0625. The zero-order valence-corrected chi connectivity index (χ0v) is 13.5. The smallest absolute Gasteiger partial charge is 0.175 e. The molecule has 3 rings (SSSR count). The van der Waals surface area contributed by atoms with Crippen molar-refractivity contribution in [2.24, 2.45) is 0 Å². The summed E-state index contributed by atoms with van der Waals surface area (Å²) in [6.45, 7) is -0.313. The number of halogens is 3. The molecule has 0 radical (unpaired) electrons. The topological polar surface area (TPSA) is 46.3 Å². The highest BCUT2D eigenvalue weighted by Crippen LogP contribution is 2.34. The summed E-state index contributed by atoms with van der Waals surface area (Å²) in [5.74, 6) is -0.236. The van der Waals surface area contributed by atoms with Gasteiger partial charge < -0.3 is 9.63 Å². The predicted molar refractivity (Wildman–Crippen MR) is 86.0 cm³/mol. The Labute approximate surface area is 139 Å². The van der Waals surface area contributed by atoms with Crippen LogP contribution in [-0.4, -0.2) is 10.3 Å². The summed E-state index contributed by atoms with van der Waals surface area (Å²) in [4.78, 5) is 0. The van der Waals surface area contributed by atoms with Crippen LogP contribution in [0.2, 0.25) is 5.02 Å². The largest absolute Gasteiger partial charge is 0.391 e. The van der Waals surface area contributed by atoms with Gasteiger partial charge in [0.25, 0.3) is 0 Å². The van der Waals surface area contributed by atoms with Crippen LogP contribution >= 0.6 is 27.5 Å². The van der Waals surface area contributed by atoms with E-state index in [-0.39, 0.29) is 17.9 Å². The number of nitrogens with zero attached hydrogens (tertiary/aromatic N) is 1. The summed E-state index contributed by atoms with van der Waals surface area (Å²) in [7, 11) is 0. The van der Waals surface area contributed by atoms with Crippen LogP contribution in [0.5, 0.6) is 0 Å². The van der Waals surface area contributed by atoms with Gasteiger partial charge in [-0.1, -0.05) is 44.8 Å². The van der Waals surface area contributed by atoms with Crippen LogP contribution in [0.15, 0.2) is 51.5 Å². The van der Waals surface area contributed by atoms with E-state index in [0.29, 0.717) is 20.8 Å². The van der Waals surface area contributed by atoms with E-state index in [1.54, 1.807) is 36.4 Å². The second kappa shape index (κ2) is 6.20. The van der Waals surface area contributed by atoms with Gasteiger partial charge in [0.05, 0.1) is 17.7 Å². The van der Waals surface area contributed by atoms with E-state index in [2.05, 4.69) is 21.1 Å². The highest BCUT2D eigenvalue weighted by Gasteiger charge is 2.20. The Morgan fingerprint density at radius 1 is 1.18 bits per heavy atom. The van der Waals surface area contributed by atoms with E-state index in [1.807, 2.05) is 0 Å². The van der Waals surface area contributed by atoms with Gasteiger partial charge in [-0.2, -0.15) is 0 Å². The van der Waals surface area contributed by atoms with Crippen molar-refractivity contribution in [3.05, 3.63) is 63.3 Å². The molecule has 22 heavy (non-hydrogen) atoms. The first-order valence-electron chi connectivity index (χ1n) is 6.41. The van der Waals surface area contributed by atoms with Crippen LogP contribution in [0.1, 0.15) is 5.56 Å². The molecule has 0 atom stereocenters.